The number of rotatable bonds is 7. The van der Waals surface area contributed by atoms with Gasteiger partial charge in [0.2, 0.25) is 0 Å². The molecule has 0 saturated heterocycles. The molecule has 0 saturated carbocycles. The standard InChI is InChI=1S/C15H23N5/c1-12-10-16-5-4-15(12)19-7-6-17-13(2)11-20-9-8-18-14(20)3/h4-5,8-10,13,17H,6-7,11H2,1-3H3,(H,16,19). The van der Waals surface area contributed by atoms with E-state index < -0.39 is 0 Å². The fourth-order valence-corrected chi connectivity index (χ4v) is 2.14. The topological polar surface area (TPSA) is 54.8 Å². The van der Waals surface area contributed by atoms with Crippen LogP contribution in [0.1, 0.15) is 18.3 Å². The summed E-state index contributed by atoms with van der Waals surface area (Å²) in [4.78, 5) is 8.32. The van der Waals surface area contributed by atoms with Gasteiger partial charge in [0.25, 0.3) is 0 Å². The summed E-state index contributed by atoms with van der Waals surface area (Å²) in [6.45, 7) is 9.06. The average molecular weight is 273 g/mol. The Labute approximate surface area is 120 Å². The minimum Gasteiger partial charge on any atom is -0.383 e. The van der Waals surface area contributed by atoms with Crippen molar-refractivity contribution >= 4 is 5.69 Å². The third-order valence-corrected chi connectivity index (χ3v) is 3.35. The average Bonchev–Trinajstić information content (AvgIpc) is 2.82. The Morgan fingerprint density at radius 3 is 2.80 bits per heavy atom. The maximum Gasteiger partial charge on any atom is 0.105 e. The Hall–Kier alpha value is -1.88. The van der Waals surface area contributed by atoms with E-state index in [4.69, 9.17) is 0 Å². The highest BCUT2D eigenvalue weighted by molar-refractivity contribution is 5.48. The molecule has 1 atom stereocenters. The van der Waals surface area contributed by atoms with Crippen molar-refractivity contribution in [2.45, 2.75) is 33.4 Å². The first-order valence-electron chi connectivity index (χ1n) is 7.02. The zero-order chi connectivity index (χ0) is 14.4. The van der Waals surface area contributed by atoms with Crippen molar-refractivity contribution in [3.05, 3.63) is 42.2 Å². The lowest BCUT2D eigenvalue weighted by Gasteiger charge is -2.16. The second kappa shape index (κ2) is 7.05. The normalized spacial score (nSPS) is 12.3. The van der Waals surface area contributed by atoms with Crippen LogP contribution in [-0.4, -0.2) is 33.7 Å². The summed E-state index contributed by atoms with van der Waals surface area (Å²) in [5.74, 6) is 1.06. The van der Waals surface area contributed by atoms with Crippen LogP contribution < -0.4 is 10.6 Å². The van der Waals surface area contributed by atoms with Gasteiger partial charge in [0.15, 0.2) is 0 Å². The molecule has 5 nitrogen and oxygen atoms in total. The number of nitrogens with one attached hydrogen (secondary N) is 2. The van der Waals surface area contributed by atoms with Gasteiger partial charge in [-0.2, -0.15) is 0 Å². The molecule has 0 spiro atoms. The van der Waals surface area contributed by atoms with E-state index in [1.807, 2.05) is 37.8 Å². The van der Waals surface area contributed by atoms with E-state index in [1.165, 1.54) is 5.56 Å². The van der Waals surface area contributed by atoms with Gasteiger partial charge in [-0.15, -0.1) is 0 Å². The molecule has 2 N–H and O–H groups in total. The molecule has 20 heavy (non-hydrogen) atoms. The number of hydrogen-bond acceptors (Lipinski definition) is 4. The predicted octanol–water partition coefficient (Wildman–Crippen LogP) is 1.99. The summed E-state index contributed by atoms with van der Waals surface area (Å²) < 4.78 is 2.16. The molecule has 2 rings (SSSR count). The fourth-order valence-electron chi connectivity index (χ4n) is 2.14. The van der Waals surface area contributed by atoms with Gasteiger partial charge in [0, 0.05) is 56.2 Å². The van der Waals surface area contributed by atoms with Crippen LogP contribution in [0.4, 0.5) is 5.69 Å². The van der Waals surface area contributed by atoms with Gasteiger partial charge in [-0.05, 0) is 32.4 Å². The minimum absolute atomic E-state index is 0.420. The lowest BCUT2D eigenvalue weighted by molar-refractivity contribution is 0.479. The van der Waals surface area contributed by atoms with Crippen molar-refractivity contribution in [1.82, 2.24) is 19.9 Å². The summed E-state index contributed by atoms with van der Waals surface area (Å²) in [6, 6.07) is 2.43. The van der Waals surface area contributed by atoms with Crippen LogP contribution in [0.3, 0.4) is 0 Å². The SMILES string of the molecule is Cc1cnccc1NCCNC(C)Cn1ccnc1C. The molecule has 0 radical (unpaired) electrons. The molecule has 2 aromatic rings. The lowest BCUT2D eigenvalue weighted by atomic mass is 10.2. The summed E-state index contributed by atoms with van der Waals surface area (Å²) in [5.41, 5.74) is 2.33. The quantitative estimate of drug-likeness (QED) is 0.758. The van der Waals surface area contributed by atoms with Crippen LogP contribution in [-0.2, 0) is 6.54 Å². The van der Waals surface area contributed by atoms with Crippen molar-refractivity contribution in [3.8, 4) is 0 Å². The predicted molar refractivity (Wildman–Crippen MR) is 81.9 cm³/mol. The van der Waals surface area contributed by atoms with Crippen molar-refractivity contribution in [1.29, 1.82) is 0 Å². The molecule has 5 heteroatoms. The number of hydrogen-bond donors (Lipinski definition) is 2. The van der Waals surface area contributed by atoms with E-state index in [9.17, 15) is 0 Å². The van der Waals surface area contributed by atoms with Crippen LogP contribution in [0.25, 0.3) is 0 Å². The maximum absolute atomic E-state index is 4.23. The second-order valence-electron chi connectivity index (χ2n) is 5.10. The molecule has 0 fully saturated rings. The van der Waals surface area contributed by atoms with Crippen LogP contribution in [0.2, 0.25) is 0 Å². The number of aryl methyl sites for hydroxylation is 2. The molecular formula is C15H23N5. The molecule has 0 amide bonds. The Bertz CT molecular complexity index is 535. The molecule has 0 aliphatic heterocycles. The first-order valence-corrected chi connectivity index (χ1v) is 7.02. The van der Waals surface area contributed by atoms with E-state index in [-0.39, 0.29) is 0 Å². The molecule has 2 aromatic heterocycles. The van der Waals surface area contributed by atoms with Gasteiger partial charge < -0.3 is 15.2 Å². The zero-order valence-electron chi connectivity index (χ0n) is 12.4. The van der Waals surface area contributed by atoms with Crippen LogP contribution >= 0.6 is 0 Å². The van der Waals surface area contributed by atoms with Crippen LogP contribution in [0, 0.1) is 13.8 Å². The Morgan fingerprint density at radius 2 is 2.10 bits per heavy atom. The van der Waals surface area contributed by atoms with Crippen molar-refractivity contribution in [3.63, 3.8) is 0 Å². The van der Waals surface area contributed by atoms with Gasteiger partial charge in [-0.3, -0.25) is 4.98 Å². The highest BCUT2D eigenvalue weighted by atomic mass is 15.1. The molecule has 1 unspecified atom stereocenters. The highest BCUT2D eigenvalue weighted by Crippen LogP contribution is 2.10. The van der Waals surface area contributed by atoms with Gasteiger partial charge in [-0.1, -0.05) is 0 Å². The number of imidazole rings is 1. The van der Waals surface area contributed by atoms with Crippen molar-refractivity contribution in [2.75, 3.05) is 18.4 Å². The van der Waals surface area contributed by atoms with E-state index in [2.05, 4.69) is 39.0 Å². The summed E-state index contributed by atoms with van der Waals surface area (Å²) >= 11 is 0. The Morgan fingerprint density at radius 1 is 1.25 bits per heavy atom. The number of pyridine rings is 1. The van der Waals surface area contributed by atoms with Crippen LogP contribution in [0.5, 0.6) is 0 Å². The largest absolute Gasteiger partial charge is 0.383 e. The monoisotopic (exact) mass is 273 g/mol. The van der Waals surface area contributed by atoms with Gasteiger partial charge >= 0.3 is 0 Å². The smallest absolute Gasteiger partial charge is 0.105 e. The van der Waals surface area contributed by atoms with Crippen LogP contribution in [0.15, 0.2) is 30.9 Å². The summed E-state index contributed by atoms with van der Waals surface area (Å²) in [7, 11) is 0. The molecular weight excluding hydrogens is 250 g/mol. The van der Waals surface area contributed by atoms with Crippen molar-refractivity contribution in [2.24, 2.45) is 0 Å². The first-order chi connectivity index (χ1) is 9.66. The number of anilines is 1. The Kier molecular flexibility index (Phi) is 5.12. The molecule has 0 aliphatic carbocycles. The molecule has 2 heterocycles. The maximum atomic E-state index is 4.23. The third kappa shape index (κ3) is 4.06. The van der Waals surface area contributed by atoms with Crippen molar-refractivity contribution < 1.29 is 0 Å². The zero-order valence-corrected chi connectivity index (χ0v) is 12.4. The minimum atomic E-state index is 0.420. The van der Waals surface area contributed by atoms with E-state index in [1.54, 1.807) is 0 Å². The molecule has 0 aromatic carbocycles. The summed E-state index contributed by atoms with van der Waals surface area (Å²) in [5, 5.41) is 6.93. The number of nitrogens with zero attached hydrogens (tertiary/aromatic N) is 3. The highest BCUT2D eigenvalue weighted by Gasteiger charge is 2.04. The van der Waals surface area contributed by atoms with E-state index in [0.29, 0.717) is 6.04 Å². The van der Waals surface area contributed by atoms with Gasteiger partial charge in [0.1, 0.15) is 5.82 Å². The first kappa shape index (κ1) is 14.5. The third-order valence-electron chi connectivity index (χ3n) is 3.35. The van der Waals surface area contributed by atoms with E-state index >= 15 is 0 Å². The molecule has 108 valence electrons. The van der Waals surface area contributed by atoms with Gasteiger partial charge in [-0.25, -0.2) is 4.98 Å². The fraction of sp³-hybridized carbons (Fsp3) is 0.467. The van der Waals surface area contributed by atoms with Gasteiger partial charge in [0.05, 0.1) is 0 Å². The lowest BCUT2D eigenvalue weighted by Crippen LogP contribution is -2.34. The molecule has 0 aliphatic rings. The molecule has 0 bridgehead atoms. The number of aromatic nitrogens is 3. The van der Waals surface area contributed by atoms with E-state index in [0.717, 1.165) is 31.1 Å². The second-order valence-corrected chi connectivity index (χ2v) is 5.10. The Balaban J connectivity index is 1.68. The summed E-state index contributed by atoms with van der Waals surface area (Å²) in [6.07, 6.45) is 7.55.